The molecular formula is C24H26Br2N4O2. The number of rotatable bonds is 1. The van der Waals surface area contributed by atoms with Crippen molar-refractivity contribution in [3.05, 3.63) is 67.6 Å². The Labute approximate surface area is 204 Å². The van der Waals surface area contributed by atoms with Gasteiger partial charge in [0.15, 0.2) is 0 Å². The molecule has 3 aliphatic rings. The third-order valence-corrected chi connectivity index (χ3v) is 8.11. The second-order valence-electron chi connectivity index (χ2n) is 8.81. The SMILES string of the molecule is CC1=NC2(CCc3c(Br)cccc3C2)C(=O)N1.NC(=O)C1(N)CCc2c(Br)cccc2C1. The first-order chi connectivity index (χ1) is 15.1. The van der Waals surface area contributed by atoms with Gasteiger partial charge in [-0.15, -0.1) is 0 Å². The summed E-state index contributed by atoms with van der Waals surface area (Å²) in [4.78, 5) is 27.8. The third kappa shape index (κ3) is 4.28. The van der Waals surface area contributed by atoms with Gasteiger partial charge in [-0.3, -0.25) is 14.6 Å². The highest BCUT2D eigenvalue weighted by Gasteiger charge is 2.45. The molecule has 0 saturated carbocycles. The predicted molar refractivity (Wildman–Crippen MR) is 132 cm³/mol. The normalized spacial score (nSPS) is 25.8. The Morgan fingerprint density at radius 1 is 1.00 bits per heavy atom. The van der Waals surface area contributed by atoms with E-state index in [1.165, 1.54) is 16.7 Å². The van der Waals surface area contributed by atoms with E-state index in [0.717, 1.165) is 39.6 Å². The molecule has 0 saturated heterocycles. The summed E-state index contributed by atoms with van der Waals surface area (Å²) < 4.78 is 2.23. The average molecular weight is 562 g/mol. The highest BCUT2D eigenvalue weighted by molar-refractivity contribution is 9.10. The van der Waals surface area contributed by atoms with Crippen LogP contribution in [0.5, 0.6) is 0 Å². The summed E-state index contributed by atoms with van der Waals surface area (Å²) in [6.07, 6.45) is 4.38. The monoisotopic (exact) mass is 560 g/mol. The molecule has 6 nitrogen and oxygen atoms in total. The first-order valence-corrected chi connectivity index (χ1v) is 12.2. The number of aliphatic imine (C=N–C) groups is 1. The lowest BCUT2D eigenvalue weighted by Crippen LogP contribution is -2.55. The summed E-state index contributed by atoms with van der Waals surface area (Å²) in [6, 6.07) is 12.1. The van der Waals surface area contributed by atoms with Crippen molar-refractivity contribution in [2.24, 2.45) is 16.5 Å². The number of nitrogens with two attached hydrogens (primary N) is 2. The van der Waals surface area contributed by atoms with Crippen LogP contribution in [0.15, 0.2) is 50.3 Å². The van der Waals surface area contributed by atoms with Gasteiger partial charge in [0.25, 0.3) is 5.91 Å². The maximum Gasteiger partial charge on any atom is 0.253 e. The van der Waals surface area contributed by atoms with E-state index in [-0.39, 0.29) is 5.91 Å². The van der Waals surface area contributed by atoms with Crippen LogP contribution in [-0.4, -0.2) is 28.7 Å². The zero-order valence-electron chi connectivity index (χ0n) is 17.9. The van der Waals surface area contributed by atoms with Crippen molar-refractivity contribution in [1.29, 1.82) is 0 Å². The molecular weight excluding hydrogens is 536 g/mol. The second-order valence-corrected chi connectivity index (χ2v) is 10.5. The lowest BCUT2D eigenvalue weighted by Gasteiger charge is -2.32. The minimum atomic E-state index is -0.867. The van der Waals surface area contributed by atoms with Crippen molar-refractivity contribution in [1.82, 2.24) is 5.32 Å². The van der Waals surface area contributed by atoms with Gasteiger partial charge in [-0.25, -0.2) is 0 Å². The maximum atomic E-state index is 12.0. The Bertz CT molecular complexity index is 1130. The summed E-state index contributed by atoms with van der Waals surface area (Å²) >= 11 is 7.07. The number of nitrogens with zero attached hydrogens (tertiary/aromatic N) is 1. The number of fused-ring (bicyclic) bond motifs is 2. The van der Waals surface area contributed by atoms with Crippen LogP contribution in [0.25, 0.3) is 0 Å². The molecule has 5 N–H and O–H groups in total. The largest absolute Gasteiger partial charge is 0.368 e. The molecule has 2 aromatic rings. The molecule has 8 heteroatoms. The quantitative estimate of drug-likeness (QED) is 0.496. The van der Waals surface area contributed by atoms with E-state index >= 15 is 0 Å². The Kier molecular flexibility index (Phi) is 6.31. The number of carbonyl (C=O) groups is 2. The van der Waals surface area contributed by atoms with Crippen LogP contribution in [-0.2, 0) is 35.3 Å². The van der Waals surface area contributed by atoms with E-state index in [2.05, 4.69) is 54.3 Å². The van der Waals surface area contributed by atoms with Crippen LogP contribution in [0.4, 0.5) is 0 Å². The first kappa shape index (κ1) is 23.1. The fraction of sp³-hybridized carbons (Fsp3) is 0.375. The summed E-state index contributed by atoms with van der Waals surface area (Å²) in [6.45, 7) is 1.85. The molecule has 0 radical (unpaired) electrons. The van der Waals surface area contributed by atoms with E-state index in [9.17, 15) is 9.59 Å². The molecule has 1 heterocycles. The Hall–Kier alpha value is -2.03. The molecule has 2 aliphatic carbocycles. The maximum absolute atomic E-state index is 12.0. The van der Waals surface area contributed by atoms with Crippen molar-refractivity contribution in [3.63, 3.8) is 0 Å². The minimum absolute atomic E-state index is 0.0561. The average Bonchev–Trinajstić information content (AvgIpc) is 3.00. The summed E-state index contributed by atoms with van der Waals surface area (Å²) in [5.74, 6) is 0.391. The van der Waals surface area contributed by atoms with Gasteiger partial charge in [0.1, 0.15) is 11.4 Å². The molecule has 32 heavy (non-hydrogen) atoms. The van der Waals surface area contributed by atoms with Crippen LogP contribution in [0.1, 0.15) is 42.0 Å². The van der Waals surface area contributed by atoms with Crippen molar-refractivity contribution >= 4 is 49.5 Å². The van der Waals surface area contributed by atoms with E-state index in [1.807, 2.05) is 31.2 Å². The number of halogens is 2. The van der Waals surface area contributed by atoms with E-state index in [0.29, 0.717) is 19.3 Å². The lowest BCUT2D eigenvalue weighted by atomic mass is 9.78. The number of hydrogen-bond acceptors (Lipinski definition) is 4. The molecule has 5 rings (SSSR count). The molecule has 0 bridgehead atoms. The molecule has 2 unspecified atom stereocenters. The number of carbonyl (C=O) groups excluding carboxylic acids is 2. The van der Waals surface area contributed by atoms with Gasteiger partial charge in [-0.1, -0.05) is 56.1 Å². The van der Waals surface area contributed by atoms with E-state index < -0.39 is 17.0 Å². The Morgan fingerprint density at radius 2 is 1.56 bits per heavy atom. The van der Waals surface area contributed by atoms with Crippen molar-refractivity contribution in [3.8, 4) is 0 Å². The van der Waals surface area contributed by atoms with Crippen molar-refractivity contribution in [2.75, 3.05) is 0 Å². The number of amidine groups is 1. The van der Waals surface area contributed by atoms with Gasteiger partial charge >= 0.3 is 0 Å². The van der Waals surface area contributed by atoms with Crippen LogP contribution in [0.2, 0.25) is 0 Å². The lowest BCUT2D eigenvalue weighted by molar-refractivity contribution is -0.124. The minimum Gasteiger partial charge on any atom is -0.368 e. The van der Waals surface area contributed by atoms with Crippen LogP contribution in [0, 0.1) is 0 Å². The zero-order chi connectivity index (χ0) is 23.1. The fourth-order valence-electron chi connectivity index (χ4n) is 4.79. The number of hydrogen-bond donors (Lipinski definition) is 3. The fourth-order valence-corrected chi connectivity index (χ4v) is 6.00. The number of primary amides is 1. The van der Waals surface area contributed by atoms with Crippen LogP contribution < -0.4 is 16.8 Å². The summed E-state index contributed by atoms with van der Waals surface area (Å²) in [5.41, 5.74) is 14.8. The first-order valence-electron chi connectivity index (χ1n) is 10.6. The van der Waals surface area contributed by atoms with Gasteiger partial charge in [0.05, 0.1) is 5.54 Å². The van der Waals surface area contributed by atoms with E-state index in [1.54, 1.807) is 0 Å². The van der Waals surface area contributed by atoms with Gasteiger partial charge in [-0.05, 0) is 73.4 Å². The van der Waals surface area contributed by atoms with Gasteiger partial charge in [0.2, 0.25) is 5.91 Å². The second kappa shape index (κ2) is 8.72. The number of benzene rings is 2. The summed E-state index contributed by atoms with van der Waals surface area (Å²) in [7, 11) is 0. The van der Waals surface area contributed by atoms with E-state index in [4.69, 9.17) is 11.5 Å². The Balaban J connectivity index is 0.000000155. The molecule has 2 aromatic carbocycles. The molecule has 0 aromatic heterocycles. The highest BCUT2D eigenvalue weighted by atomic mass is 79.9. The molecule has 1 aliphatic heterocycles. The van der Waals surface area contributed by atoms with Gasteiger partial charge in [-0.2, -0.15) is 0 Å². The smallest absolute Gasteiger partial charge is 0.253 e. The highest BCUT2D eigenvalue weighted by Crippen LogP contribution is 2.37. The van der Waals surface area contributed by atoms with Crippen LogP contribution in [0.3, 0.4) is 0 Å². The standard InChI is InChI=1S/C13H13BrN2O.C11H13BrN2O/c1-8-15-12(17)13(16-8)6-5-10-9(7-13)3-2-4-11(10)14;12-9-3-1-2-7-6-11(14,10(13)15)5-4-8(7)9/h2-4H,5-7H2,1H3,(H,15,16,17);1-3H,4-6,14H2,(H2,13,15). The predicted octanol–water partition coefficient (Wildman–Crippen LogP) is 3.35. The molecule has 1 spiro atoms. The van der Waals surface area contributed by atoms with Crippen molar-refractivity contribution < 1.29 is 9.59 Å². The molecule has 0 fully saturated rings. The third-order valence-electron chi connectivity index (χ3n) is 6.62. The van der Waals surface area contributed by atoms with Crippen LogP contribution >= 0.6 is 31.9 Å². The molecule has 168 valence electrons. The number of nitrogens with one attached hydrogen (secondary N) is 1. The summed E-state index contributed by atoms with van der Waals surface area (Å²) in [5, 5.41) is 2.82. The topological polar surface area (TPSA) is 111 Å². The van der Waals surface area contributed by atoms with Gasteiger partial charge in [0, 0.05) is 15.4 Å². The molecule has 2 atom stereocenters. The number of amides is 2. The Morgan fingerprint density at radius 3 is 2.09 bits per heavy atom. The molecule has 2 amide bonds. The van der Waals surface area contributed by atoms with Gasteiger partial charge < -0.3 is 16.8 Å². The zero-order valence-corrected chi connectivity index (χ0v) is 21.1. The van der Waals surface area contributed by atoms with Crippen molar-refractivity contribution in [2.45, 2.75) is 56.5 Å².